The van der Waals surface area contributed by atoms with Gasteiger partial charge in [-0.05, 0) is 62.3 Å². The lowest BCUT2D eigenvalue weighted by molar-refractivity contribution is -0.126. The Bertz CT molecular complexity index is 384. The molecule has 0 spiro atoms. The summed E-state index contributed by atoms with van der Waals surface area (Å²) in [4.78, 5) is 26.3. The fraction of sp³-hybridized carbons (Fsp3) is 0.889. The van der Waals surface area contributed by atoms with Gasteiger partial charge >= 0.3 is 0 Å². The molecule has 2 amide bonds. The van der Waals surface area contributed by atoms with Crippen LogP contribution in [0.3, 0.4) is 0 Å². The summed E-state index contributed by atoms with van der Waals surface area (Å²) < 4.78 is 0. The van der Waals surface area contributed by atoms with Crippen LogP contribution in [0, 0.1) is 0 Å². The summed E-state index contributed by atoms with van der Waals surface area (Å²) >= 11 is 0. The Kier molecular flexibility index (Phi) is 8.39. The molecule has 0 radical (unpaired) electrons. The average Bonchev–Trinajstić information content (AvgIpc) is 2.20. The van der Waals surface area contributed by atoms with Gasteiger partial charge in [0.25, 0.3) is 0 Å². The quantitative estimate of drug-likeness (QED) is 0.656. The second kappa shape index (κ2) is 8.81. The minimum absolute atomic E-state index is 0.00695. The van der Waals surface area contributed by atoms with Crippen molar-refractivity contribution in [2.45, 2.75) is 78.9 Å². The van der Waals surface area contributed by atoms with Gasteiger partial charge < -0.3 is 16.0 Å². The zero-order valence-electron chi connectivity index (χ0n) is 17.1. The van der Waals surface area contributed by atoms with Crippen molar-refractivity contribution >= 4 is 11.8 Å². The maximum Gasteiger partial charge on any atom is 0.234 e. The number of hydrogen-bond donors (Lipinski definition) is 3. The molecule has 0 rings (SSSR count). The van der Waals surface area contributed by atoms with E-state index in [1.165, 1.54) is 0 Å². The molecule has 0 atom stereocenters. The highest BCUT2D eigenvalue weighted by molar-refractivity contribution is 5.81. The number of rotatable bonds is 7. The molecule has 142 valence electrons. The number of carbonyl (C=O) groups excluding carboxylic acids is 2. The molecule has 3 N–H and O–H groups in total. The van der Waals surface area contributed by atoms with Gasteiger partial charge in [0.15, 0.2) is 0 Å². The third-order valence-electron chi connectivity index (χ3n) is 2.85. The van der Waals surface area contributed by atoms with Crippen molar-refractivity contribution in [2.24, 2.45) is 0 Å². The van der Waals surface area contributed by atoms with E-state index in [2.05, 4.69) is 36.7 Å². The van der Waals surface area contributed by atoms with Gasteiger partial charge in [0, 0.05) is 29.7 Å². The third kappa shape index (κ3) is 14.5. The second-order valence-corrected chi connectivity index (χ2v) is 9.48. The summed E-state index contributed by atoms with van der Waals surface area (Å²) in [5.74, 6) is -0.136. The molecule has 24 heavy (non-hydrogen) atoms. The Morgan fingerprint density at radius 3 is 1.38 bits per heavy atom. The molecule has 0 aliphatic carbocycles. The van der Waals surface area contributed by atoms with Gasteiger partial charge in [-0.1, -0.05) is 0 Å². The monoisotopic (exact) mass is 342 g/mol. The molecular formula is C18H38N4O2. The highest BCUT2D eigenvalue weighted by Crippen LogP contribution is 2.02. The molecule has 0 aromatic heterocycles. The molecule has 6 nitrogen and oxygen atoms in total. The average molecular weight is 343 g/mol. The first-order valence-electron chi connectivity index (χ1n) is 8.67. The number of nitrogens with one attached hydrogen (secondary N) is 3. The van der Waals surface area contributed by atoms with Crippen LogP contribution in [-0.4, -0.2) is 59.5 Å². The Morgan fingerprint density at radius 2 is 1.08 bits per heavy atom. The highest BCUT2D eigenvalue weighted by atomic mass is 16.2. The Morgan fingerprint density at radius 1 is 0.708 bits per heavy atom. The van der Waals surface area contributed by atoms with Crippen LogP contribution in [0.2, 0.25) is 0 Å². The SMILES string of the molecule is CC(C)(C)NCCN(CC(=O)NC(C)(C)C)CC(=O)NC(C)(C)C. The Balaban J connectivity index is 4.70. The van der Waals surface area contributed by atoms with Crippen LogP contribution in [0.15, 0.2) is 0 Å². The molecule has 0 fully saturated rings. The molecule has 0 heterocycles. The molecule has 0 saturated heterocycles. The van der Waals surface area contributed by atoms with Crippen molar-refractivity contribution in [3.8, 4) is 0 Å². The third-order valence-corrected chi connectivity index (χ3v) is 2.85. The summed E-state index contributed by atoms with van der Waals surface area (Å²) in [5, 5.41) is 9.28. The summed E-state index contributed by atoms with van der Waals surface area (Å²) in [7, 11) is 0. The number of carbonyl (C=O) groups is 2. The number of nitrogens with zero attached hydrogens (tertiary/aromatic N) is 1. The van der Waals surface area contributed by atoms with Gasteiger partial charge in [-0.3, -0.25) is 14.5 Å². The first-order valence-corrected chi connectivity index (χ1v) is 8.67. The van der Waals surface area contributed by atoms with Crippen LogP contribution >= 0.6 is 0 Å². The molecule has 0 aliphatic heterocycles. The number of hydrogen-bond acceptors (Lipinski definition) is 4. The zero-order valence-corrected chi connectivity index (χ0v) is 17.1. The van der Waals surface area contributed by atoms with E-state index in [1.54, 1.807) is 0 Å². The molecule has 0 saturated carbocycles. The topological polar surface area (TPSA) is 73.5 Å². The molecule has 0 unspecified atom stereocenters. The predicted molar refractivity (Wildman–Crippen MR) is 100.0 cm³/mol. The van der Waals surface area contributed by atoms with Crippen molar-refractivity contribution in [3.63, 3.8) is 0 Å². The lowest BCUT2D eigenvalue weighted by Crippen LogP contribution is -2.51. The largest absolute Gasteiger partial charge is 0.350 e. The van der Waals surface area contributed by atoms with E-state index in [4.69, 9.17) is 0 Å². The van der Waals surface area contributed by atoms with E-state index in [9.17, 15) is 9.59 Å². The van der Waals surface area contributed by atoms with Crippen LogP contribution in [0.5, 0.6) is 0 Å². The van der Waals surface area contributed by atoms with Crippen LogP contribution < -0.4 is 16.0 Å². The summed E-state index contributed by atoms with van der Waals surface area (Å²) in [6, 6.07) is 0. The minimum atomic E-state index is -0.278. The molecule has 6 heteroatoms. The summed E-state index contributed by atoms with van der Waals surface area (Å²) in [6.45, 7) is 19.7. The smallest absolute Gasteiger partial charge is 0.234 e. The molecular weight excluding hydrogens is 304 g/mol. The molecule has 0 bridgehead atoms. The summed E-state index contributed by atoms with van der Waals surface area (Å²) in [5.41, 5.74) is -0.548. The van der Waals surface area contributed by atoms with Gasteiger partial charge in [0.05, 0.1) is 13.1 Å². The maximum atomic E-state index is 12.2. The maximum absolute atomic E-state index is 12.2. The zero-order chi connectivity index (χ0) is 19.2. The second-order valence-electron chi connectivity index (χ2n) is 9.48. The van der Waals surface area contributed by atoms with E-state index < -0.39 is 0 Å². The van der Waals surface area contributed by atoms with E-state index in [-0.39, 0.29) is 41.5 Å². The van der Waals surface area contributed by atoms with E-state index >= 15 is 0 Å². The Hall–Kier alpha value is -1.14. The van der Waals surface area contributed by atoms with Crippen molar-refractivity contribution in [3.05, 3.63) is 0 Å². The van der Waals surface area contributed by atoms with Crippen molar-refractivity contribution < 1.29 is 9.59 Å². The van der Waals surface area contributed by atoms with Crippen LogP contribution in [0.1, 0.15) is 62.3 Å². The number of amides is 2. The van der Waals surface area contributed by atoms with E-state index in [1.807, 2.05) is 46.4 Å². The van der Waals surface area contributed by atoms with Gasteiger partial charge in [-0.25, -0.2) is 0 Å². The predicted octanol–water partition coefficient (Wildman–Crippen LogP) is 1.51. The van der Waals surface area contributed by atoms with Crippen molar-refractivity contribution in [1.29, 1.82) is 0 Å². The van der Waals surface area contributed by atoms with Gasteiger partial charge in [-0.15, -0.1) is 0 Å². The first kappa shape index (κ1) is 22.9. The highest BCUT2D eigenvalue weighted by Gasteiger charge is 2.21. The standard InChI is InChI=1S/C18H38N4O2/c1-16(2,3)19-10-11-22(12-14(23)20-17(4,5)6)13-15(24)21-18(7,8)9/h19H,10-13H2,1-9H3,(H,20,23)(H,21,24). The van der Waals surface area contributed by atoms with Crippen LogP contribution in [-0.2, 0) is 9.59 Å². The minimum Gasteiger partial charge on any atom is -0.350 e. The molecule has 0 aromatic rings. The summed E-state index contributed by atoms with van der Waals surface area (Å²) in [6.07, 6.45) is 0. The van der Waals surface area contributed by atoms with Gasteiger partial charge in [-0.2, -0.15) is 0 Å². The normalized spacial score (nSPS) is 13.1. The van der Waals surface area contributed by atoms with Gasteiger partial charge in [0.1, 0.15) is 0 Å². The van der Waals surface area contributed by atoms with Crippen molar-refractivity contribution in [2.75, 3.05) is 26.2 Å². The van der Waals surface area contributed by atoms with Crippen molar-refractivity contribution in [1.82, 2.24) is 20.9 Å². The molecule has 0 aromatic carbocycles. The molecule has 0 aliphatic rings. The fourth-order valence-corrected chi connectivity index (χ4v) is 2.12. The lowest BCUT2D eigenvalue weighted by Gasteiger charge is -2.28. The lowest BCUT2D eigenvalue weighted by atomic mass is 10.1. The first-order chi connectivity index (χ1) is 10.6. The fourth-order valence-electron chi connectivity index (χ4n) is 2.12. The van der Waals surface area contributed by atoms with Gasteiger partial charge in [0.2, 0.25) is 11.8 Å². The van der Waals surface area contributed by atoms with E-state index in [0.717, 1.165) is 6.54 Å². The van der Waals surface area contributed by atoms with Crippen LogP contribution in [0.4, 0.5) is 0 Å². The van der Waals surface area contributed by atoms with Crippen LogP contribution in [0.25, 0.3) is 0 Å². The van der Waals surface area contributed by atoms with E-state index in [0.29, 0.717) is 6.54 Å². The Labute approximate surface area is 148 Å².